The molecule has 12 heavy (non-hydrogen) atoms. The van der Waals surface area contributed by atoms with Gasteiger partial charge in [-0.15, -0.1) is 0 Å². The van der Waals surface area contributed by atoms with Gasteiger partial charge < -0.3 is 4.74 Å². The van der Waals surface area contributed by atoms with Crippen LogP contribution in [0.25, 0.3) is 0 Å². The molecule has 1 spiro atoms. The van der Waals surface area contributed by atoms with E-state index in [1.165, 1.54) is 12.8 Å². The van der Waals surface area contributed by atoms with Crippen molar-refractivity contribution >= 4 is 0 Å². The van der Waals surface area contributed by atoms with Crippen LogP contribution in [0.3, 0.4) is 0 Å². The molecule has 0 bridgehead atoms. The topological polar surface area (TPSA) is 12.5 Å². The fourth-order valence-electron chi connectivity index (χ4n) is 1.87. The molecule has 0 radical (unpaired) electrons. The molecule has 0 aromatic heterocycles. The molecular formula is C9H16FNO. The van der Waals surface area contributed by atoms with Crippen LogP contribution in [0.15, 0.2) is 0 Å². The summed E-state index contributed by atoms with van der Waals surface area (Å²) in [6, 6.07) is 0. The zero-order chi connectivity index (χ0) is 8.44. The maximum Gasteiger partial charge on any atom is 0.102 e. The van der Waals surface area contributed by atoms with Gasteiger partial charge in [0.2, 0.25) is 0 Å². The Bertz CT molecular complexity index is 159. The first-order valence-corrected chi connectivity index (χ1v) is 4.71. The summed E-state index contributed by atoms with van der Waals surface area (Å²) in [5, 5.41) is 0. The monoisotopic (exact) mass is 173 g/mol. The first-order chi connectivity index (χ1) is 5.85. The second kappa shape index (κ2) is 3.30. The van der Waals surface area contributed by atoms with Crippen molar-refractivity contribution in [1.29, 1.82) is 0 Å². The quantitative estimate of drug-likeness (QED) is 0.619. The van der Waals surface area contributed by atoms with Crippen molar-refractivity contribution in [2.75, 3.05) is 39.5 Å². The second-order valence-electron chi connectivity index (χ2n) is 4.02. The molecule has 1 aliphatic carbocycles. The Morgan fingerprint density at radius 1 is 1.42 bits per heavy atom. The van der Waals surface area contributed by atoms with Gasteiger partial charge in [0.05, 0.1) is 13.2 Å². The van der Waals surface area contributed by atoms with E-state index in [-0.39, 0.29) is 6.67 Å². The summed E-state index contributed by atoms with van der Waals surface area (Å²) in [4.78, 5) is 2.19. The summed E-state index contributed by atoms with van der Waals surface area (Å²) in [6.07, 6.45) is 2.55. The van der Waals surface area contributed by atoms with Crippen molar-refractivity contribution in [2.45, 2.75) is 12.8 Å². The summed E-state index contributed by atoms with van der Waals surface area (Å²) >= 11 is 0. The molecule has 2 fully saturated rings. The molecule has 2 nitrogen and oxygen atoms in total. The van der Waals surface area contributed by atoms with Crippen LogP contribution in [-0.4, -0.2) is 44.4 Å². The molecule has 1 saturated heterocycles. The van der Waals surface area contributed by atoms with Gasteiger partial charge in [-0.25, -0.2) is 4.39 Å². The van der Waals surface area contributed by atoms with Crippen LogP contribution >= 0.6 is 0 Å². The van der Waals surface area contributed by atoms with Crippen LogP contribution in [0.5, 0.6) is 0 Å². The molecule has 0 aromatic carbocycles. The third-order valence-corrected chi connectivity index (χ3v) is 2.88. The predicted molar refractivity (Wildman–Crippen MR) is 44.9 cm³/mol. The van der Waals surface area contributed by atoms with Crippen molar-refractivity contribution in [2.24, 2.45) is 5.41 Å². The molecule has 0 unspecified atom stereocenters. The molecule has 2 aliphatic rings. The van der Waals surface area contributed by atoms with Gasteiger partial charge in [-0.2, -0.15) is 0 Å². The molecule has 0 atom stereocenters. The number of hydrogen-bond acceptors (Lipinski definition) is 2. The Morgan fingerprint density at radius 2 is 2.25 bits per heavy atom. The van der Waals surface area contributed by atoms with Crippen molar-refractivity contribution in [3.63, 3.8) is 0 Å². The largest absolute Gasteiger partial charge is 0.379 e. The number of nitrogens with zero attached hydrogens (tertiary/aromatic N) is 1. The first kappa shape index (κ1) is 8.45. The summed E-state index contributed by atoms with van der Waals surface area (Å²) in [5.41, 5.74) is 0.422. The van der Waals surface area contributed by atoms with E-state index >= 15 is 0 Å². The first-order valence-electron chi connectivity index (χ1n) is 4.71. The van der Waals surface area contributed by atoms with E-state index in [9.17, 15) is 4.39 Å². The highest BCUT2D eigenvalue weighted by Crippen LogP contribution is 2.47. The van der Waals surface area contributed by atoms with Gasteiger partial charge in [0.1, 0.15) is 6.67 Å². The van der Waals surface area contributed by atoms with Gasteiger partial charge in [-0.1, -0.05) is 0 Å². The maximum absolute atomic E-state index is 12.1. The summed E-state index contributed by atoms with van der Waals surface area (Å²) in [7, 11) is 0. The fraction of sp³-hybridized carbons (Fsp3) is 1.00. The average Bonchev–Trinajstić information content (AvgIpc) is 2.82. The average molecular weight is 173 g/mol. The summed E-state index contributed by atoms with van der Waals surface area (Å²) < 4.78 is 17.6. The lowest BCUT2D eigenvalue weighted by Crippen LogP contribution is -2.32. The number of rotatable bonds is 2. The third-order valence-electron chi connectivity index (χ3n) is 2.88. The van der Waals surface area contributed by atoms with E-state index in [0.29, 0.717) is 12.0 Å². The molecule has 1 saturated carbocycles. The lowest BCUT2D eigenvalue weighted by Gasteiger charge is -2.21. The van der Waals surface area contributed by atoms with E-state index in [1.54, 1.807) is 0 Å². The molecule has 3 heteroatoms. The molecule has 0 N–H and O–H groups in total. The number of halogens is 1. The van der Waals surface area contributed by atoms with Gasteiger partial charge in [0.15, 0.2) is 0 Å². The van der Waals surface area contributed by atoms with Crippen molar-refractivity contribution < 1.29 is 9.13 Å². The van der Waals surface area contributed by atoms with Gasteiger partial charge in [-0.05, 0) is 12.8 Å². The summed E-state index contributed by atoms with van der Waals surface area (Å²) in [5.74, 6) is 0. The van der Waals surface area contributed by atoms with E-state index < -0.39 is 0 Å². The highest BCUT2D eigenvalue weighted by Gasteiger charge is 2.45. The summed E-state index contributed by atoms with van der Waals surface area (Å²) in [6.45, 7) is 4.00. The maximum atomic E-state index is 12.1. The molecule has 1 aliphatic heterocycles. The van der Waals surface area contributed by atoms with E-state index in [0.717, 1.165) is 26.3 Å². The fourth-order valence-corrected chi connectivity index (χ4v) is 1.87. The highest BCUT2D eigenvalue weighted by atomic mass is 19.1. The van der Waals surface area contributed by atoms with Crippen LogP contribution in [0.2, 0.25) is 0 Å². The molecular weight excluding hydrogens is 157 g/mol. The zero-order valence-electron chi connectivity index (χ0n) is 7.39. The minimum Gasteiger partial charge on any atom is -0.379 e. The van der Waals surface area contributed by atoms with E-state index in [2.05, 4.69) is 4.90 Å². The van der Waals surface area contributed by atoms with Gasteiger partial charge in [-0.3, -0.25) is 4.90 Å². The van der Waals surface area contributed by atoms with Gasteiger partial charge in [0.25, 0.3) is 0 Å². The third kappa shape index (κ3) is 1.77. The lowest BCUT2D eigenvalue weighted by atomic mass is 10.1. The van der Waals surface area contributed by atoms with E-state index in [4.69, 9.17) is 4.74 Å². The van der Waals surface area contributed by atoms with Crippen molar-refractivity contribution in [3.8, 4) is 0 Å². The normalized spacial score (nSPS) is 28.8. The molecule has 1 heterocycles. The van der Waals surface area contributed by atoms with Crippen molar-refractivity contribution in [1.82, 2.24) is 4.90 Å². The number of alkyl halides is 1. The van der Waals surface area contributed by atoms with Crippen LogP contribution in [-0.2, 0) is 4.74 Å². The minimum atomic E-state index is -0.226. The number of ether oxygens (including phenoxy) is 1. The van der Waals surface area contributed by atoms with Crippen LogP contribution < -0.4 is 0 Å². The van der Waals surface area contributed by atoms with Gasteiger partial charge >= 0.3 is 0 Å². The van der Waals surface area contributed by atoms with Crippen LogP contribution in [0.1, 0.15) is 12.8 Å². The standard InChI is InChI=1S/C9H16FNO/c10-3-4-11-5-6-12-8-9(7-11)1-2-9/h1-8H2. The van der Waals surface area contributed by atoms with Gasteiger partial charge in [0, 0.05) is 25.0 Å². The Labute approximate surface area is 72.7 Å². The number of hydrogen-bond donors (Lipinski definition) is 0. The van der Waals surface area contributed by atoms with Crippen LogP contribution in [0.4, 0.5) is 4.39 Å². The minimum absolute atomic E-state index is 0.226. The molecule has 0 aromatic rings. The Balaban J connectivity index is 1.88. The Morgan fingerprint density at radius 3 is 2.92 bits per heavy atom. The highest BCUT2D eigenvalue weighted by molar-refractivity contribution is 4.96. The van der Waals surface area contributed by atoms with Crippen LogP contribution in [0, 0.1) is 5.41 Å². The second-order valence-corrected chi connectivity index (χ2v) is 4.02. The SMILES string of the molecule is FCCN1CCOCC2(CC2)C1. The molecule has 70 valence electrons. The lowest BCUT2D eigenvalue weighted by molar-refractivity contribution is 0.115. The molecule has 2 rings (SSSR count). The molecule has 0 amide bonds. The smallest absolute Gasteiger partial charge is 0.102 e. The Hall–Kier alpha value is -0.150. The zero-order valence-corrected chi connectivity index (χ0v) is 7.39. The van der Waals surface area contributed by atoms with Crippen molar-refractivity contribution in [3.05, 3.63) is 0 Å². The van der Waals surface area contributed by atoms with E-state index in [1.807, 2.05) is 0 Å². The predicted octanol–water partition coefficient (Wildman–Crippen LogP) is 1.07. The Kier molecular flexibility index (Phi) is 2.33.